The topological polar surface area (TPSA) is 34.1 Å². The Hall–Kier alpha value is -1.97. The summed E-state index contributed by atoms with van der Waals surface area (Å²) < 4.78 is 12.4. The van der Waals surface area contributed by atoms with E-state index >= 15 is 0 Å². The van der Waals surface area contributed by atoms with Crippen LogP contribution in [0.4, 0.5) is 0 Å². The summed E-state index contributed by atoms with van der Waals surface area (Å²) in [5, 5.41) is 0. The highest BCUT2D eigenvalue weighted by Gasteiger charge is 2.43. The van der Waals surface area contributed by atoms with Gasteiger partial charge in [0.25, 0.3) is 6.02 Å². The minimum absolute atomic E-state index is 0.0307. The third-order valence-corrected chi connectivity index (χ3v) is 5.12. The van der Waals surface area contributed by atoms with Crippen molar-refractivity contribution in [3.05, 3.63) is 41.6 Å². The fraction of sp³-hybridized carbons (Fsp3) is 0.526. The molecule has 1 aromatic rings. The molecule has 0 radical (unpaired) electrons. The molecule has 2 atom stereocenters. The Morgan fingerprint density at radius 1 is 1.26 bits per heavy atom. The quantitative estimate of drug-likeness (QED) is 0.859. The maximum absolute atomic E-state index is 6.33. The van der Waals surface area contributed by atoms with Crippen molar-refractivity contribution < 1.29 is 9.47 Å². The summed E-state index contributed by atoms with van der Waals surface area (Å²) >= 11 is 0. The summed E-state index contributed by atoms with van der Waals surface area (Å²) in [7, 11) is 0. The second kappa shape index (κ2) is 5.29. The normalized spacial score (nSPS) is 25.7. The third-order valence-electron chi connectivity index (χ3n) is 5.12. The van der Waals surface area contributed by atoms with Gasteiger partial charge in [0.1, 0.15) is 11.4 Å². The summed E-state index contributed by atoms with van der Waals surface area (Å²) in [4.78, 5) is 6.54. The molecule has 2 aliphatic heterocycles. The molecule has 4 rings (SSSR count). The highest BCUT2D eigenvalue weighted by Crippen LogP contribution is 2.32. The van der Waals surface area contributed by atoms with Crippen molar-refractivity contribution in [2.45, 2.75) is 57.8 Å². The lowest BCUT2D eigenvalue weighted by molar-refractivity contribution is -0.00385. The molecule has 3 aliphatic rings. The Morgan fingerprint density at radius 2 is 2.09 bits per heavy atom. The molecule has 23 heavy (non-hydrogen) atoms. The lowest BCUT2D eigenvalue weighted by Gasteiger charge is -2.31. The number of hydrogen-bond acceptors (Lipinski definition) is 4. The first kappa shape index (κ1) is 14.6. The van der Waals surface area contributed by atoms with Crippen molar-refractivity contribution in [1.82, 2.24) is 4.90 Å². The number of benzene rings is 1. The van der Waals surface area contributed by atoms with Crippen molar-refractivity contribution in [2.75, 3.05) is 6.54 Å². The monoisotopic (exact) mass is 312 g/mol. The van der Waals surface area contributed by atoms with Crippen LogP contribution >= 0.6 is 0 Å². The Labute approximate surface area is 137 Å². The number of aryl methyl sites for hydroxylation is 2. The van der Waals surface area contributed by atoms with Gasteiger partial charge in [-0.1, -0.05) is 6.07 Å². The van der Waals surface area contributed by atoms with Crippen molar-refractivity contribution in [1.29, 1.82) is 0 Å². The van der Waals surface area contributed by atoms with Crippen LogP contribution in [-0.4, -0.2) is 35.2 Å². The minimum atomic E-state index is -0.410. The summed E-state index contributed by atoms with van der Waals surface area (Å²) in [5.74, 6) is 0.942. The van der Waals surface area contributed by atoms with Gasteiger partial charge in [-0.2, -0.15) is 0 Å². The largest absolute Gasteiger partial charge is 0.484 e. The van der Waals surface area contributed by atoms with Crippen LogP contribution in [0.5, 0.6) is 5.75 Å². The predicted octanol–water partition coefficient (Wildman–Crippen LogP) is 3.31. The molecule has 0 aromatic heterocycles. The summed E-state index contributed by atoms with van der Waals surface area (Å²) in [5.41, 5.74) is 2.50. The Morgan fingerprint density at radius 3 is 2.91 bits per heavy atom. The molecule has 0 amide bonds. The van der Waals surface area contributed by atoms with Crippen LogP contribution in [0.15, 0.2) is 35.5 Å². The van der Waals surface area contributed by atoms with Gasteiger partial charge in [0.2, 0.25) is 0 Å². The lowest BCUT2D eigenvalue weighted by Crippen LogP contribution is -2.45. The SMILES string of the molecule is CC1C=CN=C2O[C@H](C(C)(C)Oc3ccc4c(c3)CCC4)CN21. The Bertz CT molecular complexity index is 678. The molecule has 2 heterocycles. The van der Waals surface area contributed by atoms with Gasteiger partial charge in [-0.3, -0.25) is 0 Å². The van der Waals surface area contributed by atoms with E-state index in [2.05, 4.69) is 54.9 Å². The number of fused-ring (bicyclic) bond motifs is 2. The lowest BCUT2D eigenvalue weighted by atomic mass is 10.0. The maximum atomic E-state index is 6.33. The number of amidine groups is 1. The first-order valence-electron chi connectivity index (χ1n) is 8.51. The van der Waals surface area contributed by atoms with Crippen LogP contribution in [0.25, 0.3) is 0 Å². The molecule has 1 aliphatic carbocycles. The molecule has 1 fully saturated rings. The molecule has 122 valence electrons. The molecule has 0 N–H and O–H groups in total. The summed E-state index contributed by atoms with van der Waals surface area (Å²) in [6.07, 6.45) is 7.51. The van der Waals surface area contributed by atoms with Gasteiger partial charge in [-0.15, -0.1) is 0 Å². The van der Waals surface area contributed by atoms with E-state index < -0.39 is 5.60 Å². The Kier molecular flexibility index (Phi) is 3.36. The van der Waals surface area contributed by atoms with Crippen molar-refractivity contribution in [2.24, 2.45) is 4.99 Å². The smallest absolute Gasteiger partial charge is 0.293 e. The van der Waals surface area contributed by atoms with E-state index in [0.29, 0.717) is 6.04 Å². The van der Waals surface area contributed by atoms with Gasteiger partial charge in [0.05, 0.1) is 12.6 Å². The fourth-order valence-electron chi connectivity index (χ4n) is 3.61. The van der Waals surface area contributed by atoms with Gasteiger partial charge >= 0.3 is 0 Å². The molecule has 1 aromatic carbocycles. The van der Waals surface area contributed by atoms with Crippen LogP contribution in [0.3, 0.4) is 0 Å². The van der Waals surface area contributed by atoms with Crippen molar-refractivity contribution in [3.8, 4) is 5.75 Å². The molecule has 1 saturated heterocycles. The molecule has 0 saturated carbocycles. The maximum Gasteiger partial charge on any atom is 0.293 e. The van der Waals surface area contributed by atoms with Crippen LogP contribution in [0.2, 0.25) is 0 Å². The van der Waals surface area contributed by atoms with Crippen molar-refractivity contribution >= 4 is 6.02 Å². The van der Waals surface area contributed by atoms with Crippen LogP contribution in [-0.2, 0) is 17.6 Å². The molecule has 4 heteroatoms. The van der Waals surface area contributed by atoms with E-state index in [9.17, 15) is 0 Å². The number of ether oxygens (including phenoxy) is 2. The number of hydrogen-bond donors (Lipinski definition) is 0. The van der Waals surface area contributed by atoms with Crippen LogP contribution in [0.1, 0.15) is 38.3 Å². The van der Waals surface area contributed by atoms with Crippen LogP contribution in [0, 0.1) is 0 Å². The van der Waals surface area contributed by atoms with Crippen molar-refractivity contribution in [3.63, 3.8) is 0 Å². The van der Waals surface area contributed by atoms with E-state index in [1.54, 1.807) is 0 Å². The molecule has 4 nitrogen and oxygen atoms in total. The van der Waals surface area contributed by atoms with E-state index in [1.807, 2.05) is 6.20 Å². The first-order chi connectivity index (χ1) is 11.0. The van der Waals surface area contributed by atoms with Gasteiger partial charge < -0.3 is 14.4 Å². The molecule has 1 unspecified atom stereocenters. The highest BCUT2D eigenvalue weighted by atomic mass is 16.6. The van der Waals surface area contributed by atoms with Gasteiger partial charge in [-0.25, -0.2) is 4.99 Å². The zero-order valence-corrected chi connectivity index (χ0v) is 14.1. The average Bonchev–Trinajstić information content (AvgIpc) is 3.13. The van der Waals surface area contributed by atoms with E-state index in [1.165, 1.54) is 30.4 Å². The number of rotatable bonds is 3. The van der Waals surface area contributed by atoms with Gasteiger partial charge in [0, 0.05) is 6.20 Å². The van der Waals surface area contributed by atoms with E-state index in [4.69, 9.17) is 9.47 Å². The molecular weight excluding hydrogens is 288 g/mol. The number of nitrogens with zero attached hydrogens (tertiary/aromatic N) is 2. The zero-order chi connectivity index (χ0) is 16.0. The summed E-state index contributed by atoms with van der Waals surface area (Å²) in [6, 6.07) is 7.55. The molecular formula is C19H24N2O2. The van der Waals surface area contributed by atoms with E-state index in [0.717, 1.165) is 18.3 Å². The van der Waals surface area contributed by atoms with Crippen LogP contribution < -0.4 is 4.74 Å². The summed E-state index contributed by atoms with van der Waals surface area (Å²) in [6.45, 7) is 7.16. The third kappa shape index (κ3) is 2.60. The second-order valence-corrected chi connectivity index (χ2v) is 7.24. The first-order valence-corrected chi connectivity index (χ1v) is 8.51. The molecule has 0 spiro atoms. The van der Waals surface area contributed by atoms with E-state index in [-0.39, 0.29) is 6.10 Å². The van der Waals surface area contributed by atoms with Gasteiger partial charge in [-0.05, 0) is 69.4 Å². The molecule has 0 bridgehead atoms. The second-order valence-electron chi connectivity index (χ2n) is 7.24. The fourth-order valence-corrected chi connectivity index (χ4v) is 3.61. The standard InChI is InChI=1S/C19H24N2O2/c1-13-9-10-20-18-21(13)12-17(22-18)19(2,3)23-16-8-7-14-5-4-6-15(14)11-16/h7-11,13,17H,4-6,12H2,1-3H3/t13?,17-/m0/s1. The van der Waals surface area contributed by atoms with Gasteiger partial charge in [0.15, 0.2) is 6.10 Å². The average molecular weight is 312 g/mol. The highest BCUT2D eigenvalue weighted by molar-refractivity contribution is 5.78. The zero-order valence-electron chi connectivity index (χ0n) is 14.1. The Balaban J connectivity index is 1.50. The predicted molar refractivity (Wildman–Crippen MR) is 90.8 cm³/mol. The minimum Gasteiger partial charge on any atom is -0.484 e. The number of aliphatic imine (C=N–C) groups is 1.